The van der Waals surface area contributed by atoms with Gasteiger partial charge in [0.15, 0.2) is 0 Å². The minimum absolute atomic E-state index is 0.0269. The van der Waals surface area contributed by atoms with Crippen molar-refractivity contribution < 1.29 is 18.7 Å². The van der Waals surface area contributed by atoms with Crippen molar-refractivity contribution in [2.24, 2.45) is 0 Å². The Hall–Kier alpha value is -4.44. The van der Waals surface area contributed by atoms with Gasteiger partial charge in [-0.25, -0.2) is 4.39 Å². The molecule has 2 N–H and O–H groups in total. The highest BCUT2D eigenvalue weighted by Crippen LogP contribution is 2.36. The lowest BCUT2D eigenvalue weighted by molar-refractivity contribution is -0.113. The molecule has 37 heavy (non-hydrogen) atoms. The number of ether oxygens (including phenoxy) is 2. The van der Waals surface area contributed by atoms with Crippen molar-refractivity contribution in [1.29, 1.82) is 0 Å². The van der Waals surface area contributed by atoms with Crippen LogP contribution in [0.25, 0.3) is 0 Å². The third-order valence-corrected chi connectivity index (χ3v) is 6.31. The Labute approximate surface area is 216 Å². The van der Waals surface area contributed by atoms with Crippen LogP contribution in [0.4, 0.5) is 16.0 Å². The number of hydrogen-bond acceptors (Lipinski definition) is 7. The van der Waals surface area contributed by atoms with E-state index in [1.54, 1.807) is 48.0 Å². The van der Waals surface area contributed by atoms with Crippen LogP contribution in [-0.2, 0) is 11.4 Å². The second-order valence-electron chi connectivity index (χ2n) is 8.23. The highest BCUT2D eigenvalue weighted by molar-refractivity contribution is 6.31. The number of aromatic nitrogens is 4. The monoisotopic (exact) mass is 520 g/mol. The fourth-order valence-electron chi connectivity index (χ4n) is 4.12. The van der Waals surface area contributed by atoms with Gasteiger partial charge in [-0.2, -0.15) is 4.68 Å². The van der Waals surface area contributed by atoms with Gasteiger partial charge in [0.25, 0.3) is 5.91 Å². The molecule has 1 aromatic heterocycles. The average Bonchev–Trinajstić information content (AvgIpc) is 3.36. The van der Waals surface area contributed by atoms with Crippen molar-refractivity contribution in [1.82, 2.24) is 20.2 Å². The first kappa shape index (κ1) is 24.3. The molecule has 188 valence electrons. The Balaban J connectivity index is 1.43. The van der Waals surface area contributed by atoms with E-state index in [1.165, 1.54) is 13.2 Å². The van der Waals surface area contributed by atoms with Gasteiger partial charge in [-0.3, -0.25) is 4.79 Å². The molecule has 2 heterocycles. The molecule has 1 amide bonds. The molecule has 0 saturated heterocycles. The second kappa shape index (κ2) is 10.3. The lowest BCUT2D eigenvalue weighted by atomic mass is 9.95. The van der Waals surface area contributed by atoms with Crippen LogP contribution in [0.15, 0.2) is 78.0 Å². The van der Waals surface area contributed by atoms with Crippen LogP contribution < -0.4 is 20.1 Å². The maximum absolute atomic E-state index is 14.1. The van der Waals surface area contributed by atoms with Crippen molar-refractivity contribution in [3.05, 3.63) is 100.0 Å². The summed E-state index contributed by atoms with van der Waals surface area (Å²) >= 11 is 6.10. The Morgan fingerprint density at radius 3 is 2.68 bits per heavy atom. The summed E-state index contributed by atoms with van der Waals surface area (Å²) in [6.45, 7) is 1.76. The van der Waals surface area contributed by atoms with Gasteiger partial charge in [0.2, 0.25) is 5.95 Å². The van der Waals surface area contributed by atoms with Crippen LogP contribution in [-0.4, -0.2) is 33.2 Å². The summed E-state index contributed by atoms with van der Waals surface area (Å²) in [7, 11) is 1.54. The Kier molecular flexibility index (Phi) is 6.74. The van der Waals surface area contributed by atoms with Gasteiger partial charge >= 0.3 is 0 Å². The summed E-state index contributed by atoms with van der Waals surface area (Å²) in [5.41, 5.74) is 2.59. The van der Waals surface area contributed by atoms with E-state index in [0.717, 1.165) is 5.56 Å². The molecule has 0 radical (unpaired) electrons. The quantitative estimate of drug-likeness (QED) is 0.354. The van der Waals surface area contributed by atoms with Crippen LogP contribution in [0, 0.1) is 5.82 Å². The number of tetrazole rings is 1. The van der Waals surface area contributed by atoms with Gasteiger partial charge < -0.3 is 20.1 Å². The van der Waals surface area contributed by atoms with Gasteiger partial charge in [-0.05, 0) is 59.3 Å². The first-order valence-electron chi connectivity index (χ1n) is 11.3. The number of fused-ring (bicyclic) bond motifs is 1. The number of para-hydroxylation sites is 2. The van der Waals surface area contributed by atoms with Crippen molar-refractivity contribution >= 4 is 29.1 Å². The molecule has 0 bridgehead atoms. The summed E-state index contributed by atoms with van der Waals surface area (Å²) in [5, 5.41) is 18.2. The smallest absolute Gasteiger partial charge is 0.255 e. The number of hydrogen-bond donors (Lipinski definition) is 2. The van der Waals surface area contributed by atoms with E-state index in [0.29, 0.717) is 39.4 Å². The minimum atomic E-state index is -0.615. The molecule has 1 aliphatic heterocycles. The van der Waals surface area contributed by atoms with Crippen LogP contribution in [0.5, 0.6) is 11.5 Å². The van der Waals surface area contributed by atoms with Gasteiger partial charge in [-0.1, -0.05) is 47.0 Å². The van der Waals surface area contributed by atoms with E-state index in [2.05, 4.69) is 26.2 Å². The highest BCUT2D eigenvalue weighted by Gasteiger charge is 2.34. The third-order valence-electron chi connectivity index (χ3n) is 5.95. The predicted molar refractivity (Wildman–Crippen MR) is 136 cm³/mol. The number of halogens is 2. The molecule has 5 rings (SSSR count). The van der Waals surface area contributed by atoms with E-state index in [-0.39, 0.29) is 18.1 Å². The summed E-state index contributed by atoms with van der Waals surface area (Å²) in [6.07, 6.45) is 0. The van der Waals surface area contributed by atoms with Crippen molar-refractivity contribution in [2.75, 3.05) is 17.7 Å². The molecule has 1 aliphatic rings. The largest absolute Gasteiger partial charge is 0.495 e. The first-order valence-corrected chi connectivity index (χ1v) is 11.7. The zero-order chi connectivity index (χ0) is 25.9. The molecular formula is C26H22ClFN6O3. The average molecular weight is 521 g/mol. The van der Waals surface area contributed by atoms with Gasteiger partial charge in [0.05, 0.1) is 23.4 Å². The number of nitrogens with zero attached hydrogens (tertiary/aromatic N) is 4. The standard InChI is InChI=1S/C26H22ClFN6O3/c1-15-23(25(35)30-21-8-3-4-9-22(21)36-2)24(34-26(29-15)31-32-33-34)16-10-12-17(13-11-16)37-14-18-19(27)6-5-7-20(18)28/h3-13,24H,14H2,1-2H3,(H,30,35)(H,29,31,33). The van der Waals surface area contributed by atoms with Crippen LogP contribution in [0.1, 0.15) is 24.1 Å². The summed E-state index contributed by atoms with van der Waals surface area (Å²) in [5.74, 6) is 0.682. The number of benzene rings is 3. The fourth-order valence-corrected chi connectivity index (χ4v) is 4.34. The van der Waals surface area contributed by atoms with Gasteiger partial charge in [-0.15, -0.1) is 0 Å². The summed E-state index contributed by atoms with van der Waals surface area (Å²) in [4.78, 5) is 13.5. The highest BCUT2D eigenvalue weighted by atomic mass is 35.5. The number of amides is 1. The SMILES string of the molecule is COc1ccccc1NC(=O)C1=C(C)Nc2nnnn2C1c1ccc(OCc2c(F)cccc2Cl)cc1. The maximum Gasteiger partial charge on any atom is 0.255 e. The Morgan fingerprint density at radius 1 is 1.14 bits per heavy atom. The molecule has 1 unspecified atom stereocenters. The van der Waals surface area contributed by atoms with Gasteiger partial charge in [0, 0.05) is 11.3 Å². The van der Waals surface area contributed by atoms with Crippen molar-refractivity contribution in [3.63, 3.8) is 0 Å². The lowest BCUT2D eigenvalue weighted by Crippen LogP contribution is -2.31. The topological polar surface area (TPSA) is 103 Å². The van der Waals surface area contributed by atoms with Crippen LogP contribution in [0.3, 0.4) is 0 Å². The van der Waals surface area contributed by atoms with E-state index in [1.807, 2.05) is 24.3 Å². The van der Waals surface area contributed by atoms with Crippen molar-refractivity contribution in [2.45, 2.75) is 19.6 Å². The van der Waals surface area contributed by atoms with E-state index in [4.69, 9.17) is 21.1 Å². The molecule has 1 atom stereocenters. The number of carbonyl (C=O) groups excluding carboxylic acids is 1. The van der Waals surface area contributed by atoms with Crippen LogP contribution >= 0.6 is 11.6 Å². The zero-order valence-electron chi connectivity index (χ0n) is 19.9. The minimum Gasteiger partial charge on any atom is -0.495 e. The number of nitrogens with one attached hydrogen (secondary N) is 2. The van der Waals surface area contributed by atoms with Gasteiger partial charge in [0.1, 0.15) is 30.0 Å². The zero-order valence-corrected chi connectivity index (χ0v) is 20.7. The number of rotatable bonds is 7. The second-order valence-corrected chi connectivity index (χ2v) is 8.63. The molecule has 4 aromatic rings. The first-order chi connectivity index (χ1) is 18.0. The molecule has 11 heteroatoms. The number of carbonyl (C=O) groups is 1. The Morgan fingerprint density at radius 2 is 1.92 bits per heavy atom. The fraction of sp³-hybridized carbons (Fsp3) is 0.154. The molecule has 0 spiro atoms. The third kappa shape index (κ3) is 4.83. The molecule has 9 nitrogen and oxygen atoms in total. The normalized spacial score (nSPS) is 14.5. The van der Waals surface area contributed by atoms with E-state index in [9.17, 15) is 9.18 Å². The van der Waals surface area contributed by atoms with E-state index >= 15 is 0 Å². The Bertz CT molecular complexity index is 1470. The maximum atomic E-state index is 14.1. The lowest BCUT2D eigenvalue weighted by Gasteiger charge is -2.28. The number of allylic oxidation sites excluding steroid dienone is 1. The molecule has 0 aliphatic carbocycles. The van der Waals surface area contributed by atoms with Crippen LogP contribution in [0.2, 0.25) is 5.02 Å². The number of anilines is 2. The summed E-state index contributed by atoms with van der Waals surface area (Å²) < 4.78 is 26.8. The molecule has 0 fully saturated rings. The van der Waals surface area contributed by atoms with Crippen molar-refractivity contribution in [3.8, 4) is 11.5 Å². The van der Waals surface area contributed by atoms with E-state index < -0.39 is 11.9 Å². The molecule has 0 saturated carbocycles. The summed E-state index contributed by atoms with van der Waals surface area (Å²) in [6, 6.07) is 18.1. The number of methoxy groups -OCH3 is 1. The molecular weight excluding hydrogens is 499 g/mol. The molecule has 3 aromatic carbocycles. The predicted octanol–water partition coefficient (Wildman–Crippen LogP) is 4.98.